The van der Waals surface area contributed by atoms with Crippen molar-refractivity contribution in [3.05, 3.63) is 29.8 Å². The Morgan fingerprint density at radius 2 is 1.70 bits per heavy atom. The number of hydrogen-bond donors (Lipinski definition) is 2. The van der Waals surface area contributed by atoms with Crippen LogP contribution in [0.4, 0.5) is 0 Å². The molecule has 1 amide bonds. The van der Waals surface area contributed by atoms with E-state index in [0.717, 1.165) is 9.87 Å². The Kier molecular flexibility index (Phi) is 5.27. The molecular formula is C13H21N3O3S. The fourth-order valence-electron chi connectivity index (χ4n) is 1.57. The van der Waals surface area contributed by atoms with Crippen LogP contribution < -0.4 is 11.1 Å². The average molecular weight is 299 g/mol. The molecule has 0 radical (unpaired) electrons. The van der Waals surface area contributed by atoms with Gasteiger partial charge in [-0.3, -0.25) is 4.79 Å². The topological polar surface area (TPSA) is 92.5 Å². The van der Waals surface area contributed by atoms with Crippen molar-refractivity contribution in [2.75, 3.05) is 14.1 Å². The van der Waals surface area contributed by atoms with Crippen molar-refractivity contribution in [2.45, 2.75) is 30.8 Å². The van der Waals surface area contributed by atoms with Crippen LogP contribution in [0.2, 0.25) is 0 Å². The predicted molar refractivity (Wildman–Crippen MR) is 77.5 cm³/mol. The number of carbonyl (C=O) groups is 1. The summed E-state index contributed by atoms with van der Waals surface area (Å²) in [5.74, 6) is -0.248. The molecule has 2 atom stereocenters. The molecule has 0 aliphatic heterocycles. The highest BCUT2D eigenvalue weighted by Crippen LogP contribution is 2.18. The van der Waals surface area contributed by atoms with E-state index in [0.29, 0.717) is 0 Å². The van der Waals surface area contributed by atoms with Crippen LogP contribution in [0.1, 0.15) is 25.5 Å². The van der Waals surface area contributed by atoms with E-state index < -0.39 is 16.1 Å². The van der Waals surface area contributed by atoms with Gasteiger partial charge >= 0.3 is 0 Å². The molecule has 0 fully saturated rings. The minimum atomic E-state index is -3.43. The Morgan fingerprint density at radius 1 is 1.20 bits per heavy atom. The van der Waals surface area contributed by atoms with Crippen molar-refractivity contribution >= 4 is 15.9 Å². The fourth-order valence-corrected chi connectivity index (χ4v) is 2.47. The number of nitrogens with zero attached hydrogens (tertiary/aromatic N) is 1. The molecule has 7 heteroatoms. The van der Waals surface area contributed by atoms with Crippen LogP contribution in [-0.2, 0) is 14.8 Å². The summed E-state index contributed by atoms with van der Waals surface area (Å²) in [4.78, 5) is 11.7. The Bertz CT molecular complexity index is 565. The third-order valence-electron chi connectivity index (χ3n) is 2.93. The molecule has 1 unspecified atom stereocenters. The molecule has 1 aromatic carbocycles. The molecule has 0 saturated heterocycles. The molecular weight excluding hydrogens is 278 g/mol. The number of rotatable bonds is 5. The molecule has 0 aliphatic carbocycles. The third kappa shape index (κ3) is 3.78. The van der Waals surface area contributed by atoms with E-state index in [1.165, 1.54) is 26.2 Å². The number of sulfonamides is 1. The number of nitrogens with one attached hydrogen (secondary N) is 1. The molecule has 6 nitrogen and oxygen atoms in total. The molecule has 0 spiro atoms. The first kappa shape index (κ1) is 16.6. The van der Waals surface area contributed by atoms with Crippen LogP contribution in [-0.4, -0.2) is 38.8 Å². The summed E-state index contributed by atoms with van der Waals surface area (Å²) in [6.45, 7) is 3.42. The summed E-state index contributed by atoms with van der Waals surface area (Å²) in [6, 6.07) is 5.61. The van der Waals surface area contributed by atoms with E-state index in [4.69, 9.17) is 5.73 Å². The Hall–Kier alpha value is -1.44. The highest BCUT2D eigenvalue weighted by Gasteiger charge is 2.18. The number of carbonyl (C=O) groups excluding carboxylic acids is 1. The van der Waals surface area contributed by atoms with Crippen LogP contribution in [0, 0.1) is 0 Å². The van der Waals surface area contributed by atoms with Gasteiger partial charge in [0, 0.05) is 14.1 Å². The molecule has 0 heterocycles. The number of benzene rings is 1. The van der Waals surface area contributed by atoms with E-state index in [-0.39, 0.29) is 16.8 Å². The Morgan fingerprint density at radius 3 is 2.10 bits per heavy atom. The first-order valence-corrected chi connectivity index (χ1v) is 7.68. The Balaban J connectivity index is 2.89. The summed E-state index contributed by atoms with van der Waals surface area (Å²) >= 11 is 0. The maximum atomic E-state index is 11.9. The molecule has 0 saturated carbocycles. The fraction of sp³-hybridized carbons (Fsp3) is 0.462. The monoisotopic (exact) mass is 299 g/mol. The van der Waals surface area contributed by atoms with Gasteiger partial charge in [-0.15, -0.1) is 0 Å². The molecule has 0 aliphatic rings. The van der Waals surface area contributed by atoms with Gasteiger partial charge in [-0.1, -0.05) is 12.1 Å². The molecule has 1 aromatic rings. The van der Waals surface area contributed by atoms with E-state index in [2.05, 4.69) is 5.32 Å². The van der Waals surface area contributed by atoms with Crippen molar-refractivity contribution in [2.24, 2.45) is 5.73 Å². The standard InChI is InChI=1S/C13H21N3O3S/c1-9(14)13(17)15-10(2)11-5-7-12(8-6-11)20(18,19)16(3)4/h5-10H,14H2,1-4H3,(H,15,17)/t9-,10?/m1/s1. The van der Waals surface area contributed by atoms with Gasteiger partial charge in [0.25, 0.3) is 0 Å². The van der Waals surface area contributed by atoms with Crippen molar-refractivity contribution in [1.82, 2.24) is 9.62 Å². The van der Waals surface area contributed by atoms with Crippen LogP contribution in [0.3, 0.4) is 0 Å². The lowest BCUT2D eigenvalue weighted by atomic mass is 10.1. The van der Waals surface area contributed by atoms with Gasteiger partial charge in [-0.05, 0) is 31.5 Å². The zero-order valence-corrected chi connectivity index (χ0v) is 12.9. The largest absolute Gasteiger partial charge is 0.348 e. The minimum Gasteiger partial charge on any atom is -0.348 e. The van der Waals surface area contributed by atoms with Crippen LogP contribution >= 0.6 is 0 Å². The maximum absolute atomic E-state index is 11.9. The van der Waals surface area contributed by atoms with Gasteiger partial charge in [0.15, 0.2) is 0 Å². The number of hydrogen-bond acceptors (Lipinski definition) is 4. The van der Waals surface area contributed by atoms with E-state index in [1.807, 2.05) is 6.92 Å². The highest BCUT2D eigenvalue weighted by atomic mass is 32.2. The lowest BCUT2D eigenvalue weighted by molar-refractivity contribution is -0.122. The normalized spacial score (nSPS) is 14.9. The SMILES string of the molecule is CC(NC(=O)[C@@H](C)N)c1ccc(S(=O)(=O)N(C)C)cc1. The van der Waals surface area contributed by atoms with Gasteiger partial charge in [0.1, 0.15) is 0 Å². The van der Waals surface area contributed by atoms with Crippen molar-refractivity contribution in [3.8, 4) is 0 Å². The second-order valence-electron chi connectivity index (χ2n) is 4.88. The highest BCUT2D eigenvalue weighted by molar-refractivity contribution is 7.89. The van der Waals surface area contributed by atoms with Crippen LogP contribution in [0.25, 0.3) is 0 Å². The van der Waals surface area contributed by atoms with Gasteiger partial charge in [-0.2, -0.15) is 0 Å². The first-order valence-electron chi connectivity index (χ1n) is 6.24. The summed E-state index contributed by atoms with van der Waals surface area (Å²) in [5, 5.41) is 2.75. The summed E-state index contributed by atoms with van der Waals surface area (Å²) in [7, 11) is -0.468. The summed E-state index contributed by atoms with van der Waals surface area (Å²) < 4.78 is 25.0. The second kappa shape index (κ2) is 6.34. The minimum absolute atomic E-state index is 0.219. The van der Waals surface area contributed by atoms with Crippen molar-refractivity contribution in [1.29, 1.82) is 0 Å². The smallest absolute Gasteiger partial charge is 0.242 e. The molecule has 1 rings (SSSR count). The average Bonchev–Trinajstić information content (AvgIpc) is 2.38. The number of amides is 1. The first-order chi connectivity index (χ1) is 9.16. The van der Waals surface area contributed by atoms with Gasteiger partial charge in [0.05, 0.1) is 17.0 Å². The van der Waals surface area contributed by atoms with Crippen molar-refractivity contribution < 1.29 is 13.2 Å². The van der Waals surface area contributed by atoms with E-state index >= 15 is 0 Å². The molecule has 0 bridgehead atoms. The van der Waals surface area contributed by atoms with E-state index in [9.17, 15) is 13.2 Å². The summed E-state index contributed by atoms with van der Waals surface area (Å²) in [5.41, 5.74) is 6.30. The van der Waals surface area contributed by atoms with Gasteiger partial charge in [-0.25, -0.2) is 12.7 Å². The lowest BCUT2D eigenvalue weighted by Crippen LogP contribution is -2.39. The lowest BCUT2D eigenvalue weighted by Gasteiger charge is -2.17. The van der Waals surface area contributed by atoms with E-state index in [1.54, 1.807) is 19.1 Å². The molecule has 3 N–H and O–H groups in total. The summed E-state index contributed by atoms with van der Waals surface area (Å²) in [6.07, 6.45) is 0. The maximum Gasteiger partial charge on any atom is 0.242 e. The van der Waals surface area contributed by atoms with Gasteiger partial charge in [0.2, 0.25) is 15.9 Å². The number of nitrogens with two attached hydrogens (primary N) is 1. The molecule has 20 heavy (non-hydrogen) atoms. The quantitative estimate of drug-likeness (QED) is 0.826. The molecule has 0 aromatic heterocycles. The Labute approximate surface area is 120 Å². The van der Waals surface area contributed by atoms with Gasteiger partial charge < -0.3 is 11.1 Å². The van der Waals surface area contributed by atoms with Crippen LogP contribution in [0.5, 0.6) is 0 Å². The van der Waals surface area contributed by atoms with Crippen LogP contribution in [0.15, 0.2) is 29.2 Å². The zero-order chi connectivity index (χ0) is 15.5. The van der Waals surface area contributed by atoms with Crippen molar-refractivity contribution in [3.63, 3.8) is 0 Å². The zero-order valence-electron chi connectivity index (χ0n) is 12.1. The predicted octanol–water partition coefficient (Wildman–Crippen LogP) is 0.461. The second-order valence-corrected chi connectivity index (χ2v) is 7.03. The molecule has 112 valence electrons. The third-order valence-corrected chi connectivity index (χ3v) is 4.76.